The van der Waals surface area contributed by atoms with E-state index in [-0.39, 0.29) is 10.6 Å². The number of halogens is 2. The van der Waals surface area contributed by atoms with Crippen LogP contribution in [0.1, 0.15) is 5.56 Å². The predicted molar refractivity (Wildman–Crippen MR) is 75.4 cm³/mol. The number of hydrogen-bond acceptors (Lipinski definition) is 3. The highest BCUT2D eigenvalue weighted by Gasteiger charge is 2.37. The minimum atomic E-state index is -0.672. The van der Waals surface area contributed by atoms with Crippen molar-refractivity contribution in [2.45, 2.75) is 0 Å². The van der Waals surface area contributed by atoms with Gasteiger partial charge in [-0.2, -0.15) is 0 Å². The molecule has 0 radical (unpaired) electrons. The van der Waals surface area contributed by atoms with Crippen LogP contribution in [-0.4, -0.2) is 41.7 Å². The van der Waals surface area contributed by atoms with E-state index >= 15 is 0 Å². The third kappa shape index (κ3) is 2.30. The lowest BCUT2D eigenvalue weighted by Gasteiger charge is -2.28. The molecule has 20 heavy (non-hydrogen) atoms. The van der Waals surface area contributed by atoms with Crippen molar-refractivity contribution >= 4 is 47.1 Å². The quantitative estimate of drug-likeness (QED) is 0.591. The van der Waals surface area contributed by atoms with E-state index < -0.39 is 17.8 Å². The zero-order chi connectivity index (χ0) is 15.0. The largest absolute Gasteiger partial charge is 0.333 e. The Morgan fingerprint density at radius 3 is 2.10 bits per heavy atom. The molecule has 4 amide bonds. The minimum absolute atomic E-state index is 0.140. The lowest BCUT2D eigenvalue weighted by molar-refractivity contribution is -0.134. The van der Waals surface area contributed by atoms with Gasteiger partial charge in [0.2, 0.25) is 0 Å². The topological polar surface area (TPSA) is 57.7 Å². The Kier molecular flexibility index (Phi) is 3.83. The molecule has 1 aromatic rings. The molecule has 1 heterocycles. The molecule has 104 valence electrons. The number of barbiturate groups is 1. The monoisotopic (exact) mass is 312 g/mol. The van der Waals surface area contributed by atoms with Crippen molar-refractivity contribution in [3.63, 3.8) is 0 Å². The molecule has 7 heteroatoms. The van der Waals surface area contributed by atoms with Gasteiger partial charge >= 0.3 is 6.03 Å². The molecule has 0 atom stereocenters. The van der Waals surface area contributed by atoms with Crippen LogP contribution in [0.4, 0.5) is 4.79 Å². The number of carbonyl (C=O) groups is 3. The first kappa shape index (κ1) is 14.6. The average Bonchev–Trinajstić information content (AvgIpc) is 2.43. The first-order valence-corrected chi connectivity index (χ1v) is 6.36. The number of nitrogens with zero attached hydrogens (tertiary/aromatic N) is 2. The molecule has 0 spiro atoms. The molecular formula is C13H10Cl2N2O3. The number of urea groups is 1. The lowest BCUT2D eigenvalue weighted by atomic mass is 10.1. The van der Waals surface area contributed by atoms with E-state index in [1.807, 2.05) is 0 Å². The molecule has 2 rings (SSSR count). The van der Waals surface area contributed by atoms with Gasteiger partial charge in [-0.25, -0.2) is 4.79 Å². The summed E-state index contributed by atoms with van der Waals surface area (Å²) in [5.41, 5.74) is 0.297. The van der Waals surface area contributed by atoms with Gasteiger partial charge in [0.1, 0.15) is 5.57 Å². The molecule has 0 bridgehead atoms. The molecule has 0 unspecified atom stereocenters. The van der Waals surface area contributed by atoms with Crippen LogP contribution >= 0.6 is 23.2 Å². The van der Waals surface area contributed by atoms with Crippen molar-refractivity contribution in [3.8, 4) is 0 Å². The minimum Gasteiger partial charge on any atom is -0.268 e. The van der Waals surface area contributed by atoms with Gasteiger partial charge in [0, 0.05) is 14.1 Å². The van der Waals surface area contributed by atoms with E-state index in [2.05, 4.69) is 0 Å². The second-order valence-electron chi connectivity index (χ2n) is 4.21. The molecule has 1 saturated heterocycles. The molecule has 1 fully saturated rings. The maximum absolute atomic E-state index is 12.0. The Labute approximate surface area is 125 Å². The van der Waals surface area contributed by atoms with Crippen LogP contribution in [0.3, 0.4) is 0 Å². The van der Waals surface area contributed by atoms with Crippen LogP contribution in [0.5, 0.6) is 0 Å². The zero-order valence-electron chi connectivity index (χ0n) is 10.7. The second kappa shape index (κ2) is 5.26. The maximum Gasteiger partial charge on any atom is 0.333 e. The summed E-state index contributed by atoms with van der Waals surface area (Å²) in [6, 6.07) is 4.20. The summed E-state index contributed by atoms with van der Waals surface area (Å²) in [5, 5.41) is 0.555. The number of amides is 4. The van der Waals surface area contributed by atoms with Gasteiger partial charge in [-0.15, -0.1) is 0 Å². The van der Waals surface area contributed by atoms with Crippen LogP contribution in [0.15, 0.2) is 23.8 Å². The van der Waals surface area contributed by atoms with Crippen LogP contribution < -0.4 is 0 Å². The predicted octanol–water partition coefficient (Wildman–Crippen LogP) is 2.43. The van der Waals surface area contributed by atoms with Crippen molar-refractivity contribution < 1.29 is 14.4 Å². The summed E-state index contributed by atoms with van der Waals surface area (Å²) in [7, 11) is 2.61. The Hall–Kier alpha value is -1.85. The van der Waals surface area contributed by atoms with Gasteiger partial charge < -0.3 is 0 Å². The summed E-state index contributed by atoms with van der Waals surface area (Å²) in [6.45, 7) is 0. The number of hydrogen-bond donors (Lipinski definition) is 0. The highest BCUT2D eigenvalue weighted by Crippen LogP contribution is 2.28. The smallest absolute Gasteiger partial charge is 0.268 e. The molecule has 0 aliphatic carbocycles. The summed E-state index contributed by atoms with van der Waals surface area (Å²) in [4.78, 5) is 37.3. The van der Waals surface area contributed by atoms with Gasteiger partial charge in [0.15, 0.2) is 0 Å². The Morgan fingerprint density at radius 1 is 1.00 bits per heavy atom. The normalized spacial score (nSPS) is 16.0. The van der Waals surface area contributed by atoms with Gasteiger partial charge in [-0.05, 0) is 17.7 Å². The summed E-state index contributed by atoms with van der Waals surface area (Å²) in [5.74, 6) is -1.34. The van der Waals surface area contributed by atoms with Gasteiger partial charge in [0.25, 0.3) is 11.8 Å². The molecule has 5 nitrogen and oxygen atoms in total. The maximum atomic E-state index is 12.0. The van der Waals surface area contributed by atoms with Gasteiger partial charge in [0.05, 0.1) is 10.0 Å². The first-order chi connectivity index (χ1) is 9.34. The average molecular weight is 313 g/mol. The van der Waals surface area contributed by atoms with Gasteiger partial charge in [-0.1, -0.05) is 35.3 Å². The molecule has 0 N–H and O–H groups in total. The molecule has 0 aromatic heterocycles. The van der Waals surface area contributed by atoms with Crippen molar-refractivity contribution in [2.75, 3.05) is 14.1 Å². The van der Waals surface area contributed by atoms with Crippen molar-refractivity contribution in [3.05, 3.63) is 39.4 Å². The number of benzene rings is 1. The third-order valence-electron chi connectivity index (χ3n) is 2.93. The number of imide groups is 2. The Bertz CT molecular complexity index is 629. The van der Waals surface area contributed by atoms with E-state index in [1.165, 1.54) is 20.2 Å². The molecule has 1 aliphatic heterocycles. The summed E-state index contributed by atoms with van der Waals surface area (Å²) >= 11 is 11.9. The summed E-state index contributed by atoms with van der Waals surface area (Å²) < 4.78 is 0. The fraction of sp³-hybridized carbons (Fsp3) is 0.154. The van der Waals surface area contributed by atoms with Crippen LogP contribution in [0.2, 0.25) is 10.0 Å². The van der Waals surface area contributed by atoms with Crippen molar-refractivity contribution in [1.82, 2.24) is 9.80 Å². The van der Waals surface area contributed by atoms with Gasteiger partial charge in [-0.3, -0.25) is 19.4 Å². The summed E-state index contributed by atoms with van der Waals surface area (Å²) in [6.07, 6.45) is 1.33. The fourth-order valence-electron chi connectivity index (χ4n) is 1.76. The molecule has 0 saturated carbocycles. The first-order valence-electron chi connectivity index (χ1n) is 5.60. The number of likely N-dealkylation sites (N-methyl/N-ethyl adjacent to an activating group) is 2. The van der Waals surface area contributed by atoms with Crippen LogP contribution in [-0.2, 0) is 9.59 Å². The number of rotatable bonds is 1. The van der Waals surface area contributed by atoms with E-state index in [0.29, 0.717) is 10.6 Å². The highest BCUT2D eigenvalue weighted by atomic mass is 35.5. The highest BCUT2D eigenvalue weighted by molar-refractivity contribution is 6.43. The molecule has 1 aliphatic rings. The Balaban J connectivity index is 2.52. The number of carbonyl (C=O) groups excluding carboxylic acids is 3. The second-order valence-corrected chi connectivity index (χ2v) is 5.00. The van der Waals surface area contributed by atoms with Crippen molar-refractivity contribution in [2.24, 2.45) is 0 Å². The van der Waals surface area contributed by atoms with Crippen LogP contribution in [0, 0.1) is 0 Å². The fourth-order valence-corrected chi connectivity index (χ4v) is 2.12. The Morgan fingerprint density at radius 2 is 1.55 bits per heavy atom. The van der Waals surface area contributed by atoms with E-state index in [0.717, 1.165) is 9.80 Å². The SMILES string of the molecule is CN1C(=O)C(=Cc2cccc(Cl)c2Cl)C(=O)N(C)C1=O. The lowest BCUT2D eigenvalue weighted by Crippen LogP contribution is -2.52. The third-order valence-corrected chi connectivity index (χ3v) is 3.76. The zero-order valence-corrected chi connectivity index (χ0v) is 12.2. The van der Waals surface area contributed by atoms with Crippen molar-refractivity contribution in [1.29, 1.82) is 0 Å². The standard InChI is InChI=1S/C13H10Cl2N2O3/c1-16-11(18)8(12(19)17(2)13(16)20)6-7-4-3-5-9(14)10(7)15/h3-6H,1-2H3. The molecular weight excluding hydrogens is 303 g/mol. The molecule has 1 aromatic carbocycles. The van der Waals surface area contributed by atoms with E-state index in [9.17, 15) is 14.4 Å². The van der Waals surface area contributed by atoms with E-state index in [4.69, 9.17) is 23.2 Å². The van der Waals surface area contributed by atoms with Crippen LogP contribution in [0.25, 0.3) is 6.08 Å². The van der Waals surface area contributed by atoms with E-state index in [1.54, 1.807) is 18.2 Å².